The van der Waals surface area contributed by atoms with Crippen LogP contribution in [-0.2, 0) is 0 Å². The highest BCUT2D eigenvalue weighted by molar-refractivity contribution is 8.00. The average Bonchev–Trinajstić information content (AvgIpc) is 3.64. The first kappa shape index (κ1) is 33.8. The van der Waals surface area contributed by atoms with Crippen molar-refractivity contribution in [1.82, 2.24) is 15.0 Å². The van der Waals surface area contributed by atoms with Gasteiger partial charge in [0.05, 0.1) is 17.4 Å². The molecule has 0 amide bonds. The van der Waals surface area contributed by atoms with Gasteiger partial charge < -0.3 is 9.80 Å². The highest BCUT2D eigenvalue weighted by Gasteiger charge is 2.38. The third-order valence-corrected chi connectivity index (χ3v) is 13.0. The minimum absolute atomic E-state index is 0.212. The third kappa shape index (κ3) is 5.52. The number of hydrogen-bond donors (Lipinski definition) is 0. The van der Waals surface area contributed by atoms with Gasteiger partial charge in [-0.15, -0.1) is 0 Å². The zero-order chi connectivity index (χ0) is 38.9. The third-order valence-electron chi connectivity index (χ3n) is 11.8. The van der Waals surface area contributed by atoms with Crippen LogP contribution in [0.4, 0.5) is 22.7 Å². The summed E-state index contributed by atoms with van der Waals surface area (Å²) < 4.78 is 0. The number of para-hydroxylation sites is 3. The van der Waals surface area contributed by atoms with Crippen LogP contribution in [0.1, 0.15) is 12.0 Å². The van der Waals surface area contributed by atoms with Crippen LogP contribution in [0.2, 0.25) is 0 Å². The zero-order valence-electron chi connectivity index (χ0n) is 31.9. The van der Waals surface area contributed by atoms with Gasteiger partial charge in [-0.3, -0.25) is 0 Å². The van der Waals surface area contributed by atoms with E-state index in [0.717, 1.165) is 60.9 Å². The fourth-order valence-corrected chi connectivity index (χ4v) is 10.3. The van der Waals surface area contributed by atoms with Crippen molar-refractivity contribution in [2.75, 3.05) is 9.80 Å². The summed E-state index contributed by atoms with van der Waals surface area (Å²) in [6, 6.07) is 64.7. The Morgan fingerprint density at radius 2 is 0.983 bits per heavy atom. The molecule has 0 spiro atoms. The first-order valence-electron chi connectivity index (χ1n) is 20.0. The molecule has 1 aliphatic carbocycles. The summed E-state index contributed by atoms with van der Waals surface area (Å²) in [6.07, 6.45) is 5.71. The van der Waals surface area contributed by atoms with Crippen molar-refractivity contribution in [1.29, 1.82) is 0 Å². The minimum atomic E-state index is 0.212. The number of benzene rings is 8. The first-order valence-corrected chi connectivity index (χ1v) is 20.9. The standard InChI is InChI=1S/C53H35N5S/c1-2-19-36(20-3-1)57-45-27-9-8-23-40(45)44-33-37(31-32-46(44)57)58-47-28-10-11-30-49(47)59-50-43(26-14-29-48(50)58)53-55-51(41-24-12-17-34-15-4-6-21-38(34)41)54-52(56-53)42-25-13-18-35-16-5-7-22-39(35)42/h1-31,33,46H,32H2. The van der Waals surface area contributed by atoms with Gasteiger partial charge in [0.2, 0.25) is 0 Å². The van der Waals surface area contributed by atoms with Crippen LogP contribution in [0.25, 0.3) is 61.3 Å². The fourth-order valence-electron chi connectivity index (χ4n) is 9.14. The Balaban J connectivity index is 1.04. The van der Waals surface area contributed by atoms with E-state index in [1.807, 2.05) is 0 Å². The van der Waals surface area contributed by atoms with Gasteiger partial charge in [0.1, 0.15) is 0 Å². The molecule has 0 radical (unpaired) electrons. The van der Waals surface area contributed by atoms with Gasteiger partial charge in [0.25, 0.3) is 0 Å². The predicted molar refractivity (Wildman–Crippen MR) is 243 cm³/mol. The molecule has 3 aliphatic rings. The summed E-state index contributed by atoms with van der Waals surface area (Å²) in [5.41, 5.74) is 11.5. The zero-order valence-corrected chi connectivity index (χ0v) is 32.7. The smallest absolute Gasteiger partial charge is 0.165 e. The molecule has 9 aromatic rings. The molecular weight excluding hydrogens is 739 g/mol. The van der Waals surface area contributed by atoms with E-state index in [1.54, 1.807) is 11.8 Å². The number of allylic oxidation sites excluding steroid dienone is 1. The van der Waals surface area contributed by atoms with Crippen LogP contribution in [0.15, 0.2) is 210 Å². The molecule has 6 heteroatoms. The van der Waals surface area contributed by atoms with Gasteiger partial charge in [-0.05, 0) is 82.1 Å². The predicted octanol–water partition coefficient (Wildman–Crippen LogP) is 13.7. The summed E-state index contributed by atoms with van der Waals surface area (Å²) in [7, 11) is 0. The maximum absolute atomic E-state index is 5.35. The number of nitrogens with zero attached hydrogens (tertiary/aromatic N) is 5. The number of aromatic nitrogens is 3. The van der Waals surface area contributed by atoms with Gasteiger partial charge in [-0.2, -0.15) is 0 Å². The Labute approximate surface area is 346 Å². The van der Waals surface area contributed by atoms with Crippen LogP contribution in [0.3, 0.4) is 0 Å². The Morgan fingerprint density at radius 1 is 0.458 bits per heavy atom. The highest BCUT2D eigenvalue weighted by Crippen LogP contribution is 2.55. The Morgan fingerprint density at radius 3 is 1.71 bits per heavy atom. The van der Waals surface area contributed by atoms with Gasteiger partial charge in [0.15, 0.2) is 17.5 Å². The molecule has 0 bridgehead atoms. The van der Waals surface area contributed by atoms with Gasteiger partial charge in [-0.25, -0.2) is 15.0 Å². The van der Waals surface area contributed by atoms with Crippen molar-refractivity contribution in [3.63, 3.8) is 0 Å². The maximum Gasteiger partial charge on any atom is 0.165 e. The van der Waals surface area contributed by atoms with Crippen molar-refractivity contribution >= 4 is 61.6 Å². The SMILES string of the molecule is C1=C2c3ccccc3N(c3ccccc3)C2CC=C1N1c2ccccc2Sc2c(-c3nc(-c4cccc5ccccc45)nc(-c4cccc5ccccc45)n3)cccc21. The van der Waals surface area contributed by atoms with E-state index in [9.17, 15) is 0 Å². The van der Waals surface area contributed by atoms with E-state index in [0.29, 0.717) is 17.5 Å². The van der Waals surface area contributed by atoms with Crippen LogP contribution in [0, 0.1) is 0 Å². The molecule has 12 rings (SSSR count). The Kier molecular flexibility index (Phi) is 7.84. The van der Waals surface area contributed by atoms with Crippen LogP contribution in [-0.4, -0.2) is 21.0 Å². The minimum Gasteiger partial charge on any atom is -0.333 e. The normalized spacial score (nSPS) is 15.3. The highest BCUT2D eigenvalue weighted by atomic mass is 32.2. The number of hydrogen-bond acceptors (Lipinski definition) is 6. The largest absolute Gasteiger partial charge is 0.333 e. The lowest BCUT2D eigenvalue weighted by atomic mass is 9.93. The van der Waals surface area contributed by atoms with Crippen molar-refractivity contribution in [2.24, 2.45) is 0 Å². The van der Waals surface area contributed by atoms with Gasteiger partial charge in [0, 0.05) is 49.1 Å². The molecule has 0 saturated heterocycles. The molecule has 0 saturated carbocycles. The first-order chi connectivity index (χ1) is 29.3. The molecule has 278 valence electrons. The van der Waals surface area contributed by atoms with Crippen LogP contribution < -0.4 is 9.80 Å². The molecule has 59 heavy (non-hydrogen) atoms. The van der Waals surface area contributed by atoms with Crippen molar-refractivity contribution in [2.45, 2.75) is 22.3 Å². The second kappa shape index (κ2) is 13.7. The molecule has 8 aromatic carbocycles. The fraction of sp³-hybridized carbons (Fsp3) is 0.0377. The summed E-state index contributed by atoms with van der Waals surface area (Å²) >= 11 is 1.79. The molecule has 1 aromatic heterocycles. The number of rotatable bonds is 5. The second-order valence-corrected chi connectivity index (χ2v) is 16.2. The van der Waals surface area contributed by atoms with Crippen molar-refractivity contribution in [3.8, 4) is 34.2 Å². The molecule has 0 N–H and O–H groups in total. The molecule has 5 nitrogen and oxygen atoms in total. The lowest BCUT2D eigenvalue weighted by Gasteiger charge is -2.37. The molecule has 1 atom stereocenters. The summed E-state index contributed by atoms with van der Waals surface area (Å²) in [4.78, 5) is 23.2. The van der Waals surface area contributed by atoms with E-state index in [2.05, 4.69) is 204 Å². The summed E-state index contributed by atoms with van der Waals surface area (Å²) in [5, 5.41) is 4.51. The summed E-state index contributed by atoms with van der Waals surface area (Å²) in [6.45, 7) is 0. The molecule has 3 heterocycles. The average molecular weight is 774 g/mol. The number of fused-ring (bicyclic) bond motifs is 7. The van der Waals surface area contributed by atoms with E-state index in [-0.39, 0.29) is 6.04 Å². The van der Waals surface area contributed by atoms with Crippen molar-refractivity contribution < 1.29 is 0 Å². The van der Waals surface area contributed by atoms with Gasteiger partial charge >= 0.3 is 0 Å². The molecule has 2 aliphatic heterocycles. The maximum atomic E-state index is 5.35. The molecular formula is C53H35N5S. The van der Waals surface area contributed by atoms with Crippen LogP contribution >= 0.6 is 11.8 Å². The van der Waals surface area contributed by atoms with E-state index < -0.39 is 0 Å². The second-order valence-electron chi connectivity index (χ2n) is 15.1. The Bertz CT molecular complexity index is 3100. The molecule has 1 unspecified atom stereocenters. The monoisotopic (exact) mass is 773 g/mol. The van der Waals surface area contributed by atoms with Crippen LogP contribution in [0.5, 0.6) is 0 Å². The topological polar surface area (TPSA) is 45.2 Å². The van der Waals surface area contributed by atoms with E-state index >= 15 is 0 Å². The van der Waals surface area contributed by atoms with E-state index in [4.69, 9.17) is 15.0 Å². The van der Waals surface area contributed by atoms with E-state index in [1.165, 1.54) is 33.1 Å². The lowest BCUT2D eigenvalue weighted by molar-refractivity contribution is 0.819. The Hall–Kier alpha value is -7.28. The van der Waals surface area contributed by atoms with Crippen molar-refractivity contribution in [3.05, 3.63) is 205 Å². The summed E-state index contributed by atoms with van der Waals surface area (Å²) in [5.74, 6) is 1.95. The number of anilines is 4. The van der Waals surface area contributed by atoms with Gasteiger partial charge in [-0.1, -0.05) is 157 Å². The molecule has 0 fully saturated rings. The lowest BCUT2D eigenvalue weighted by Crippen LogP contribution is -2.29. The quantitative estimate of drug-likeness (QED) is 0.174.